The van der Waals surface area contributed by atoms with E-state index < -0.39 is 7.40 Å². The third-order valence-electron chi connectivity index (χ3n) is 2.51. The first-order valence-corrected chi connectivity index (χ1v) is 5.13. The first-order chi connectivity index (χ1) is 7.74. The van der Waals surface area contributed by atoms with Gasteiger partial charge >= 0.3 is 7.40 Å². The molecule has 5 heteroatoms. The Kier molecular flexibility index (Phi) is 3.03. The Bertz CT molecular complexity index is 458. The van der Waals surface area contributed by atoms with Crippen molar-refractivity contribution in [1.82, 2.24) is 4.48 Å². The molecule has 2 nitrogen and oxygen atoms in total. The van der Waals surface area contributed by atoms with Crippen LogP contribution in [0.25, 0.3) is 5.57 Å². The van der Waals surface area contributed by atoms with E-state index >= 15 is 0 Å². The second kappa shape index (κ2) is 4.47. The first-order valence-electron chi connectivity index (χ1n) is 5.13. The predicted octanol–water partition coefficient (Wildman–Crippen LogP) is 3.02. The van der Waals surface area contributed by atoms with Crippen LogP contribution in [0.1, 0.15) is 19.0 Å². The molecule has 0 radical (unpaired) electrons. The molecule has 0 saturated heterocycles. The predicted molar refractivity (Wildman–Crippen MR) is 62.6 cm³/mol. The Labute approximate surface area is 93.2 Å². The normalized spacial score (nSPS) is 16.9. The molecular formula is C11H11BF2N2. The van der Waals surface area contributed by atoms with Crippen LogP contribution in [0.15, 0.2) is 41.2 Å². The standard InChI is InChI=1S/C11H11BF2N2/c1-2-9(10-5-3-7-15-10)11-6-4-8-16(11)12(13)14/h3-8H,2H2,1H3/b10-9-. The number of aliphatic imine (C=N–C) groups is 1. The molecule has 0 fully saturated rings. The topological polar surface area (TPSA) is 17.3 Å². The van der Waals surface area contributed by atoms with Crippen LogP contribution in [-0.4, -0.2) is 18.1 Å². The average molecular weight is 220 g/mol. The molecule has 1 aliphatic heterocycles. The highest BCUT2D eigenvalue weighted by Crippen LogP contribution is 2.26. The van der Waals surface area contributed by atoms with Crippen LogP contribution >= 0.6 is 0 Å². The largest absolute Gasteiger partial charge is 0.677 e. The van der Waals surface area contributed by atoms with Gasteiger partial charge in [0.15, 0.2) is 0 Å². The molecule has 1 aromatic rings. The highest BCUT2D eigenvalue weighted by molar-refractivity contribution is 6.41. The maximum atomic E-state index is 12.7. The van der Waals surface area contributed by atoms with Gasteiger partial charge in [-0.3, -0.25) is 13.6 Å². The van der Waals surface area contributed by atoms with Crippen molar-refractivity contribution in [3.63, 3.8) is 0 Å². The zero-order valence-electron chi connectivity index (χ0n) is 8.90. The second-order valence-corrected chi connectivity index (χ2v) is 3.43. The SMILES string of the molecule is CC/C(=C1\C=CC=N1)c1cccn1B(F)F. The van der Waals surface area contributed by atoms with Crippen molar-refractivity contribution < 1.29 is 8.63 Å². The van der Waals surface area contributed by atoms with Crippen molar-refractivity contribution in [2.45, 2.75) is 13.3 Å². The van der Waals surface area contributed by atoms with E-state index in [1.54, 1.807) is 24.4 Å². The maximum Gasteiger partial charge on any atom is 0.677 e. The zero-order chi connectivity index (χ0) is 11.5. The Balaban J connectivity index is 2.49. The van der Waals surface area contributed by atoms with E-state index in [1.807, 2.05) is 13.0 Å². The Morgan fingerprint density at radius 1 is 1.50 bits per heavy atom. The third-order valence-corrected chi connectivity index (χ3v) is 2.51. The molecule has 1 aliphatic rings. The highest BCUT2D eigenvalue weighted by Gasteiger charge is 2.21. The second-order valence-electron chi connectivity index (χ2n) is 3.43. The molecule has 0 aliphatic carbocycles. The summed E-state index contributed by atoms with van der Waals surface area (Å²) >= 11 is 0. The van der Waals surface area contributed by atoms with Crippen LogP contribution in [0.5, 0.6) is 0 Å². The van der Waals surface area contributed by atoms with E-state index in [1.165, 1.54) is 6.20 Å². The van der Waals surface area contributed by atoms with Crippen molar-refractivity contribution in [2.24, 2.45) is 4.99 Å². The summed E-state index contributed by atoms with van der Waals surface area (Å²) in [5.74, 6) is 0. The van der Waals surface area contributed by atoms with Crippen LogP contribution in [-0.2, 0) is 0 Å². The van der Waals surface area contributed by atoms with E-state index in [4.69, 9.17) is 0 Å². The molecule has 0 unspecified atom stereocenters. The molecule has 0 aromatic carbocycles. The minimum atomic E-state index is -2.51. The zero-order valence-corrected chi connectivity index (χ0v) is 8.90. The number of aromatic nitrogens is 1. The third kappa shape index (κ3) is 1.85. The summed E-state index contributed by atoms with van der Waals surface area (Å²) in [5, 5.41) is 0. The van der Waals surface area contributed by atoms with Gasteiger partial charge in [0, 0.05) is 17.5 Å². The van der Waals surface area contributed by atoms with Gasteiger partial charge in [-0.15, -0.1) is 0 Å². The molecule has 0 N–H and O–H groups in total. The molecule has 0 amide bonds. The van der Waals surface area contributed by atoms with Crippen LogP contribution in [0.4, 0.5) is 8.63 Å². The number of hydrogen-bond donors (Lipinski definition) is 0. The van der Waals surface area contributed by atoms with E-state index in [0.717, 1.165) is 15.7 Å². The quantitative estimate of drug-likeness (QED) is 0.696. The molecule has 2 rings (SSSR count). The van der Waals surface area contributed by atoms with E-state index in [-0.39, 0.29) is 0 Å². The summed E-state index contributed by atoms with van der Waals surface area (Å²) in [5.41, 5.74) is 2.15. The van der Waals surface area contributed by atoms with Gasteiger partial charge in [-0.05, 0) is 36.9 Å². The van der Waals surface area contributed by atoms with Gasteiger partial charge in [-0.2, -0.15) is 0 Å². The summed E-state index contributed by atoms with van der Waals surface area (Å²) in [6.45, 7) is 1.94. The van der Waals surface area contributed by atoms with Crippen LogP contribution in [0.3, 0.4) is 0 Å². The summed E-state index contributed by atoms with van der Waals surface area (Å²) in [7, 11) is -2.51. The maximum absolute atomic E-state index is 12.7. The van der Waals surface area contributed by atoms with Crippen molar-refractivity contribution in [1.29, 1.82) is 0 Å². The van der Waals surface area contributed by atoms with Gasteiger partial charge in [0.1, 0.15) is 0 Å². The molecule has 16 heavy (non-hydrogen) atoms. The fraction of sp³-hybridized carbons (Fsp3) is 0.182. The monoisotopic (exact) mass is 220 g/mol. The average Bonchev–Trinajstić information content (AvgIpc) is 2.88. The van der Waals surface area contributed by atoms with Gasteiger partial charge in [-0.25, -0.2) is 0 Å². The summed E-state index contributed by atoms with van der Waals surface area (Å²) < 4.78 is 26.4. The number of allylic oxidation sites excluding steroid dienone is 3. The van der Waals surface area contributed by atoms with Gasteiger partial charge in [0.25, 0.3) is 0 Å². The lowest BCUT2D eigenvalue weighted by molar-refractivity contribution is 0.628. The molecular weight excluding hydrogens is 209 g/mol. The fourth-order valence-electron chi connectivity index (χ4n) is 1.79. The smallest absolute Gasteiger partial charge is 0.332 e. The first kappa shape index (κ1) is 10.9. The van der Waals surface area contributed by atoms with Crippen molar-refractivity contribution in [2.75, 3.05) is 0 Å². The van der Waals surface area contributed by atoms with Gasteiger partial charge in [-0.1, -0.05) is 6.92 Å². The Hall–Kier alpha value is -1.65. The van der Waals surface area contributed by atoms with Crippen LogP contribution < -0.4 is 0 Å². The van der Waals surface area contributed by atoms with Crippen LogP contribution in [0.2, 0.25) is 0 Å². The molecule has 82 valence electrons. The van der Waals surface area contributed by atoms with E-state index in [9.17, 15) is 8.63 Å². The molecule has 1 aromatic heterocycles. The summed E-state index contributed by atoms with van der Waals surface area (Å²) in [6, 6.07) is 3.32. The highest BCUT2D eigenvalue weighted by atomic mass is 19.2. The molecule has 0 atom stereocenters. The number of nitrogens with zero attached hydrogens (tertiary/aromatic N) is 2. The number of hydrogen-bond acceptors (Lipinski definition) is 1. The van der Waals surface area contributed by atoms with Crippen molar-refractivity contribution >= 4 is 19.2 Å². The number of rotatable bonds is 3. The Morgan fingerprint density at radius 3 is 2.88 bits per heavy atom. The van der Waals surface area contributed by atoms with Crippen molar-refractivity contribution in [3.05, 3.63) is 41.9 Å². The van der Waals surface area contributed by atoms with E-state index in [2.05, 4.69) is 4.99 Å². The minimum absolute atomic E-state index is 0.538. The minimum Gasteiger partial charge on any atom is -0.332 e. The van der Waals surface area contributed by atoms with Gasteiger partial charge in [0.05, 0.1) is 5.70 Å². The lowest BCUT2D eigenvalue weighted by atomic mass is 10.1. The lowest BCUT2D eigenvalue weighted by Crippen LogP contribution is -2.14. The molecule has 0 saturated carbocycles. The summed E-state index contributed by atoms with van der Waals surface area (Å²) in [6.07, 6.45) is 7.37. The van der Waals surface area contributed by atoms with Crippen molar-refractivity contribution in [3.8, 4) is 0 Å². The fourth-order valence-corrected chi connectivity index (χ4v) is 1.79. The lowest BCUT2D eigenvalue weighted by Gasteiger charge is -2.09. The summed E-state index contributed by atoms with van der Waals surface area (Å²) in [4.78, 5) is 4.15. The molecule has 2 heterocycles. The molecule has 0 spiro atoms. The van der Waals surface area contributed by atoms with Gasteiger partial charge < -0.3 is 4.48 Å². The van der Waals surface area contributed by atoms with E-state index in [0.29, 0.717) is 12.1 Å². The van der Waals surface area contributed by atoms with Gasteiger partial charge in [0.2, 0.25) is 0 Å². The molecule has 0 bridgehead atoms. The Morgan fingerprint density at radius 2 is 2.31 bits per heavy atom. The van der Waals surface area contributed by atoms with Crippen LogP contribution in [0, 0.1) is 0 Å². The number of halogens is 2.